The van der Waals surface area contributed by atoms with Gasteiger partial charge in [0.1, 0.15) is 23.3 Å². The SMILES string of the molecule is COc1cc2ncnc(Nc3cccc(Cl)c3F)c2cc1O[C@H]1CC[C@](NC(=O)OC(C)(C)C)(C(=O)OC)CC1. The van der Waals surface area contributed by atoms with Crippen LogP contribution >= 0.6 is 11.6 Å². The van der Waals surface area contributed by atoms with Crippen molar-refractivity contribution in [2.45, 2.75) is 63.7 Å². The fourth-order valence-corrected chi connectivity index (χ4v) is 4.77. The van der Waals surface area contributed by atoms with Gasteiger partial charge in [-0.2, -0.15) is 0 Å². The molecule has 1 aromatic heterocycles. The van der Waals surface area contributed by atoms with Gasteiger partial charge in [0.15, 0.2) is 17.3 Å². The van der Waals surface area contributed by atoms with E-state index in [1.54, 1.807) is 45.0 Å². The lowest BCUT2D eigenvalue weighted by molar-refractivity contribution is -0.150. The Bertz CT molecular complexity index is 1410. The lowest BCUT2D eigenvalue weighted by atomic mass is 9.80. The zero-order chi connectivity index (χ0) is 29.1. The number of hydrogen-bond acceptors (Lipinski definition) is 9. The summed E-state index contributed by atoms with van der Waals surface area (Å²) in [6, 6.07) is 8.07. The molecule has 1 fully saturated rings. The van der Waals surface area contributed by atoms with Crippen LogP contribution in [-0.2, 0) is 14.3 Å². The summed E-state index contributed by atoms with van der Waals surface area (Å²) in [6.45, 7) is 5.24. The predicted molar refractivity (Wildman–Crippen MR) is 148 cm³/mol. The van der Waals surface area contributed by atoms with Crippen LogP contribution in [0.2, 0.25) is 5.02 Å². The zero-order valence-electron chi connectivity index (χ0n) is 23.0. The van der Waals surface area contributed by atoms with Crippen LogP contribution in [0.15, 0.2) is 36.7 Å². The Kier molecular flexibility index (Phi) is 8.53. The number of nitrogens with one attached hydrogen (secondary N) is 2. The van der Waals surface area contributed by atoms with Gasteiger partial charge < -0.3 is 29.6 Å². The number of benzene rings is 2. The van der Waals surface area contributed by atoms with E-state index in [0.29, 0.717) is 41.1 Å². The van der Waals surface area contributed by atoms with E-state index in [1.807, 2.05) is 0 Å². The summed E-state index contributed by atoms with van der Waals surface area (Å²) in [5, 5.41) is 6.26. The topological polar surface area (TPSA) is 121 Å². The van der Waals surface area contributed by atoms with Gasteiger partial charge in [0.05, 0.1) is 36.6 Å². The van der Waals surface area contributed by atoms with Crippen LogP contribution in [0.3, 0.4) is 0 Å². The predicted octanol–water partition coefficient (Wildman–Crippen LogP) is 5.93. The molecule has 2 N–H and O–H groups in total. The van der Waals surface area contributed by atoms with E-state index in [1.165, 1.54) is 26.6 Å². The first kappa shape index (κ1) is 29.1. The van der Waals surface area contributed by atoms with Gasteiger partial charge in [0.2, 0.25) is 0 Å². The number of fused-ring (bicyclic) bond motifs is 1. The van der Waals surface area contributed by atoms with Crippen molar-refractivity contribution in [3.63, 3.8) is 0 Å². The maximum atomic E-state index is 14.6. The van der Waals surface area contributed by atoms with Gasteiger partial charge in [-0.15, -0.1) is 0 Å². The first-order chi connectivity index (χ1) is 18.9. The van der Waals surface area contributed by atoms with Crippen LogP contribution in [-0.4, -0.2) is 53.5 Å². The molecule has 1 aliphatic carbocycles. The molecule has 1 aliphatic rings. The standard InChI is InChI=1S/C28H32ClFN4O6/c1-27(2,3)40-26(36)34-28(25(35)38-5)11-9-16(10-12-28)39-22-13-17-20(14-21(22)37-4)31-15-32-24(17)33-19-8-6-7-18(29)23(19)30/h6-8,13-16H,9-12H2,1-5H3,(H,34,36)(H,31,32,33)/t16-,28+. The molecule has 0 spiro atoms. The molecule has 0 aliphatic heterocycles. The van der Waals surface area contributed by atoms with Gasteiger partial charge in [-0.05, 0) is 64.7 Å². The number of methoxy groups -OCH3 is 2. The third kappa shape index (κ3) is 6.47. The van der Waals surface area contributed by atoms with E-state index >= 15 is 0 Å². The minimum absolute atomic E-state index is 0.0180. The van der Waals surface area contributed by atoms with Crippen LogP contribution in [0.5, 0.6) is 11.5 Å². The van der Waals surface area contributed by atoms with E-state index in [2.05, 4.69) is 20.6 Å². The highest BCUT2D eigenvalue weighted by Gasteiger charge is 2.45. The van der Waals surface area contributed by atoms with Gasteiger partial charge in [0.25, 0.3) is 0 Å². The van der Waals surface area contributed by atoms with E-state index in [0.717, 1.165) is 0 Å². The maximum absolute atomic E-state index is 14.6. The molecule has 0 bridgehead atoms. The zero-order valence-corrected chi connectivity index (χ0v) is 23.7. The molecule has 0 radical (unpaired) electrons. The number of amides is 1. The van der Waals surface area contributed by atoms with E-state index in [4.69, 9.17) is 30.5 Å². The highest BCUT2D eigenvalue weighted by Crippen LogP contribution is 2.39. The van der Waals surface area contributed by atoms with E-state index < -0.39 is 29.0 Å². The second-order valence-electron chi connectivity index (χ2n) is 10.5. The third-order valence-electron chi connectivity index (χ3n) is 6.52. The van der Waals surface area contributed by atoms with Crippen molar-refractivity contribution >= 4 is 46.1 Å². The third-order valence-corrected chi connectivity index (χ3v) is 6.81. The minimum Gasteiger partial charge on any atom is -0.493 e. The fraction of sp³-hybridized carbons (Fsp3) is 0.429. The van der Waals surface area contributed by atoms with Gasteiger partial charge in [0, 0.05) is 11.5 Å². The first-order valence-electron chi connectivity index (χ1n) is 12.7. The molecule has 40 heavy (non-hydrogen) atoms. The highest BCUT2D eigenvalue weighted by molar-refractivity contribution is 6.31. The number of hydrogen-bond donors (Lipinski definition) is 2. The maximum Gasteiger partial charge on any atom is 0.408 e. The summed E-state index contributed by atoms with van der Waals surface area (Å²) in [7, 11) is 2.80. The normalized spacial score (nSPS) is 19.0. The van der Waals surface area contributed by atoms with Gasteiger partial charge >= 0.3 is 12.1 Å². The number of carbonyl (C=O) groups is 2. The number of alkyl carbamates (subject to hydrolysis) is 1. The van der Waals surface area contributed by atoms with Crippen molar-refractivity contribution < 1.29 is 32.9 Å². The summed E-state index contributed by atoms with van der Waals surface area (Å²) in [5.41, 5.74) is -1.23. The Morgan fingerprint density at radius 3 is 2.48 bits per heavy atom. The Labute approximate surface area is 236 Å². The quantitative estimate of drug-likeness (QED) is 0.330. The Hall–Kier alpha value is -3.86. The molecule has 3 aromatic rings. The molecular formula is C28H32ClFN4O6. The summed E-state index contributed by atoms with van der Waals surface area (Å²) in [4.78, 5) is 33.8. The molecule has 0 atom stereocenters. The lowest BCUT2D eigenvalue weighted by Gasteiger charge is -2.38. The smallest absolute Gasteiger partial charge is 0.408 e. The fourth-order valence-electron chi connectivity index (χ4n) is 4.60. The summed E-state index contributed by atoms with van der Waals surface area (Å²) in [6.07, 6.45) is 1.82. The van der Waals surface area contributed by atoms with Crippen molar-refractivity contribution in [3.05, 3.63) is 47.5 Å². The minimum atomic E-state index is -1.23. The first-order valence-corrected chi connectivity index (χ1v) is 13.1. The molecule has 0 saturated heterocycles. The molecule has 10 nitrogen and oxygen atoms in total. The number of aromatic nitrogens is 2. The van der Waals surface area contributed by atoms with Crippen molar-refractivity contribution in [2.75, 3.05) is 19.5 Å². The van der Waals surface area contributed by atoms with Crippen molar-refractivity contribution in [1.82, 2.24) is 15.3 Å². The van der Waals surface area contributed by atoms with Crippen LogP contribution in [0, 0.1) is 5.82 Å². The number of rotatable bonds is 7. The molecule has 214 valence electrons. The average Bonchev–Trinajstić information content (AvgIpc) is 2.90. The molecule has 1 amide bonds. The number of ether oxygens (including phenoxy) is 4. The number of carbonyl (C=O) groups excluding carboxylic acids is 2. The summed E-state index contributed by atoms with van der Waals surface area (Å²) in [5.74, 6) is 0.0878. The number of anilines is 2. The molecule has 4 rings (SSSR count). The Morgan fingerprint density at radius 1 is 1.10 bits per heavy atom. The van der Waals surface area contributed by atoms with Crippen LogP contribution in [0.1, 0.15) is 46.5 Å². The largest absolute Gasteiger partial charge is 0.493 e. The van der Waals surface area contributed by atoms with E-state index in [-0.39, 0.29) is 29.7 Å². The van der Waals surface area contributed by atoms with Crippen LogP contribution in [0.4, 0.5) is 20.7 Å². The Morgan fingerprint density at radius 2 is 1.82 bits per heavy atom. The number of esters is 1. The molecular weight excluding hydrogens is 543 g/mol. The second kappa shape index (κ2) is 11.7. The van der Waals surface area contributed by atoms with Crippen molar-refractivity contribution in [3.8, 4) is 11.5 Å². The number of nitrogens with zero attached hydrogens (tertiary/aromatic N) is 2. The van der Waals surface area contributed by atoms with Crippen LogP contribution in [0.25, 0.3) is 10.9 Å². The average molecular weight is 575 g/mol. The summed E-state index contributed by atoms with van der Waals surface area (Å²) >= 11 is 5.93. The molecule has 0 unspecified atom stereocenters. The number of halogens is 2. The molecule has 12 heteroatoms. The highest BCUT2D eigenvalue weighted by atomic mass is 35.5. The van der Waals surface area contributed by atoms with Gasteiger partial charge in [-0.1, -0.05) is 17.7 Å². The molecule has 1 heterocycles. The van der Waals surface area contributed by atoms with Gasteiger partial charge in [-0.25, -0.2) is 23.9 Å². The summed E-state index contributed by atoms with van der Waals surface area (Å²) < 4.78 is 36.8. The second-order valence-corrected chi connectivity index (χ2v) is 10.9. The van der Waals surface area contributed by atoms with E-state index in [9.17, 15) is 14.0 Å². The van der Waals surface area contributed by atoms with Crippen molar-refractivity contribution in [2.24, 2.45) is 0 Å². The lowest BCUT2D eigenvalue weighted by Crippen LogP contribution is -2.58. The monoisotopic (exact) mass is 574 g/mol. The molecule has 1 saturated carbocycles. The Balaban J connectivity index is 1.56. The molecule has 2 aromatic carbocycles. The van der Waals surface area contributed by atoms with Crippen LogP contribution < -0.4 is 20.1 Å². The van der Waals surface area contributed by atoms with Crippen molar-refractivity contribution in [1.29, 1.82) is 0 Å². The van der Waals surface area contributed by atoms with Gasteiger partial charge in [-0.3, -0.25) is 0 Å².